The molecule has 0 bridgehead atoms. The highest BCUT2D eigenvalue weighted by Crippen LogP contribution is 2.42. The Morgan fingerprint density at radius 1 is 1.27 bits per heavy atom. The van der Waals surface area contributed by atoms with Crippen LogP contribution >= 0.6 is 0 Å². The lowest BCUT2D eigenvalue weighted by molar-refractivity contribution is -0.0400. The van der Waals surface area contributed by atoms with E-state index in [4.69, 9.17) is 4.74 Å². The number of amides is 1. The summed E-state index contributed by atoms with van der Waals surface area (Å²) in [4.78, 5) is 28.1. The summed E-state index contributed by atoms with van der Waals surface area (Å²) in [5, 5.41) is 19.3. The predicted molar refractivity (Wildman–Crippen MR) is 148 cm³/mol. The van der Waals surface area contributed by atoms with Gasteiger partial charge in [0.15, 0.2) is 0 Å². The number of fused-ring (bicyclic) bond motifs is 3. The SMILES string of the molecule is C=CCNC(=O)c1cnc(Nc2ccc3c(c2)OCC2CC(F)(F)CCN32)nc1Nc1cccc(C(C)(C)O)n1. The Bertz CT molecular complexity index is 1430. The summed E-state index contributed by atoms with van der Waals surface area (Å²) in [6.45, 7) is 7.58. The first kappa shape index (κ1) is 27.3. The molecule has 0 saturated carbocycles. The summed E-state index contributed by atoms with van der Waals surface area (Å²) in [6, 6.07) is 10.2. The van der Waals surface area contributed by atoms with E-state index in [0.717, 1.165) is 5.69 Å². The van der Waals surface area contributed by atoms with Crippen LogP contribution in [0.25, 0.3) is 0 Å². The van der Waals surface area contributed by atoms with Crippen LogP contribution in [0.1, 0.15) is 42.7 Å². The summed E-state index contributed by atoms with van der Waals surface area (Å²) < 4.78 is 33.6. The molecule has 1 fully saturated rings. The first-order chi connectivity index (χ1) is 19.0. The lowest BCUT2D eigenvalue weighted by atomic mass is 9.96. The van der Waals surface area contributed by atoms with E-state index in [2.05, 4.69) is 37.5 Å². The number of ether oxygens (including phenoxy) is 1. The predicted octanol–water partition coefficient (Wildman–Crippen LogP) is 4.50. The first-order valence-electron chi connectivity index (χ1n) is 12.9. The molecular formula is C28H31F2N7O3. The van der Waals surface area contributed by atoms with E-state index in [1.54, 1.807) is 50.3 Å². The average molecular weight is 552 g/mol. The number of benzene rings is 1. The van der Waals surface area contributed by atoms with Crippen molar-refractivity contribution >= 4 is 34.9 Å². The van der Waals surface area contributed by atoms with Crippen molar-refractivity contribution in [3.05, 3.63) is 66.5 Å². The maximum Gasteiger partial charge on any atom is 0.256 e. The zero-order chi connectivity index (χ0) is 28.5. The van der Waals surface area contributed by atoms with Crippen molar-refractivity contribution in [2.45, 2.75) is 44.3 Å². The number of pyridine rings is 1. The molecular weight excluding hydrogens is 520 g/mol. The fourth-order valence-corrected chi connectivity index (χ4v) is 4.68. The molecule has 0 spiro atoms. The maximum atomic E-state index is 13.9. The molecule has 0 radical (unpaired) electrons. The van der Waals surface area contributed by atoms with E-state index in [9.17, 15) is 18.7 Å². The van der Waals surface area contributed by atoms with Gasteiger partial charge in [0.1, 0.15) is 35.2 Å². The van der Waals surface area contributed by atoms with Gasteiger partial charge in [0.25, 0.3) is 11.8 Å². The molecule has 4 N–H and O–H groups in total. The molecule has 12 heteroatoms. The number of hydrogen-bond donors (Lipinski definition) is 4. The van der Waals surface area contributed by atoms with Gasteiger partial charge in [0.05, 0.1) is 17.4 Å². The molecule has 5 rings (SSSR count). The van der Waals surface area contributed by atoms with Crippen molar-refractivity contribution < 1.29 is 23.4 Å². The largest absolute Gasteiger partial charge is 0.489 e. The molecule has 2 aliphatic heterocycles. The van der Waals surface area contributed by atoms with Crippen molar-refractivity contribution in [2.24, 2.45) is 0 Å². The molecule has 210 valence electrons. The number of carbonyl (C=O) groups is 1. The molecule has 2 aliphatic rings. The van der Waals surface area contributed by atoms with E-state index in [0.29, 0.717) is 22.9 Å². The van der Waals surface area contributed by atoms with Gasteiger partial charge in [-0.1, -0.05) is 12.1 Å². The van der Waals surface area contributed by atoms with Crippen LogP contribution in [0, 0.1) is 0 Å². The number of anilines is 5. The Labute approximate surface area is 230 Å². The highest BCUT2D eigenvalue weighted by atomic mass is 19.3. The molecule has 1 saturated heterocycles. The van der Waals surface area contributed by atoms with Crippen molar-refractivity contribution in [1.29, 1.82) is 0 Å². The van der Waals surface area contributed by atoms with Crippen LogP contribution in [-0.2, 0) is 5.60 Å². The van der Waals surface area contributed by atoms with Crippen LogP contribution in [0.4, 0.5) is 37.7 Å². The Balaban J connectivity index is 1.40. The molecule has 1 aromatic carbocycles. The van der Waals surface area contributed by atoms with Crippen molar-refractivity contribution in [3.8, 4) is 5.75 Å². The zero-order valence-corrected chi connectivity index (χ0v) is 22.2. The van der Waals surface area contributed by atoms with E-state index >= 15 is 0 Å². The fraction of sp³-hybridized carbons (Fsp3) is 0.357. The second-order valence-corrected chi connectivity index (χ2v) is 10.3. The first-order valence-corrected chi connectivity index (χ1v) is 12.9. The molecule has 1 atom stereocenters. The smallest absolute Gasteiger partial charge is 0.256 e. The quantitative estimate of drug-likeness (QED) is 0.300. The third-order valence-corrected chi connectivity index (χ3v) is 6.71. The molecule has 4 heterocycles. The Morgan fingerprint density at radius 3 is 2.88 bits per heavy atom. The Kier molecular flexibility index (Phi) is 7.28. The van der Waals surface area contributed by atoms with Gasteiger partial charge < -0.3 is 30.7 Å². The van der Waals surface area contributed by atoms with E-state index < -0.39 is 17.4 Å². The van der Waals surface area contributed by atoms with Gasteiger partial charge in [0, 0.05) is 43.9 Å². The van der Waals surface area contributed by atoms with Crippen LogP contribution in [0.2, 0.25) is 0 Å². The van der Waals surface area contributed by atoms with Crippen molar-refractivity contribution in [1.82, 2.24) is 20.3 Å². The molecule has 0 aliphatic carbocycles. The monoisotopic (exact) mass is 551 g/mol. The Morgan fingerprint density at radius 2 is 2.10 bits per heavy atom. The highest BCUT2D eigenvalue weighted by Gasteiger charge is 2.43. The van der Waals surface area contributed by atoms with Crippen LogP contribution < -0.4 is 25.6 Å². The van der Waals surface area contributed by atoms with Gasteiger partial charge in [-0.15, -0.1) is 6.58 Å². The lowest BCUT2D eigenvalue weighted by Gasteiger charge is -2.44. The zero-order valence-electron chi connectivity index (χ0n) is 22.2. The second-order valence-electron chi connectivity index (χ2n) is 10.3. The van der Waals surface area contributed by atoms with E-state index in [1.165, 1.54) is 6.20 Å². The minimum Gasteiger partial charge on any atom is -0.489 e. The van der Waals surface area contributed by atoms with Crippen LogP contribution in [-0.4, -0.2) is 57.6 Å². The third kappa shape index (κ3) is 5.96. The van der Waals surface area contributed by atoms with Crippen molar-refractivity contribution in [2.75, 3.05) is 35.2 Å². The number of nitrogens with one attached hydrogen (secondary N) is 3. The summed E-state index contributed by atoms with van der Waals surface area (Å²) in [5.74, 6) is -1.72. The number of rotatable bonds is 8. The summed E-state index contributed by atoms with van der Waals surface area (Å²) in [6.07, 6.45) is 2.54. The standard InChI is InChI=1S/C28H31F2N7O3/c1-4-11-31-25(38)19-15-32-26(36-24(19)35-23-7-5-6-22(34-23)27(2,3)39)33-17-8-9-20-21(13-17)40-16-18-14-28(29,30)10-12-37(18)20/h4-9,13,15,18,39H,1,10-12,14,16H2,2-3H3,(H,31,38)(H2,32,33,34,35,36). The minimum atomic E-state index is -2.67. The lowest BCUT2D eigenvalue weighted by Crippen LogP contribution is -2.51. The molecule has 2 aromatic heterocycles. The summed E-state index contributed by atoms with van der Waals surface area (Å²) in [7, 11) is 0. The number of piperidine rings is 1. The maximum absolute atomic E-state index is 13.9. The Hall–Kier alpha value is -4.32. The number of halogens is 2. The van der Waals surface area contributed by atoms with Gasteiger partial charge in [-0.3, -0.25) is 4.79 Å². The van der Waals surface area contributed by atoms with Gasteiger partial charge in [-0.2, -0.15) is 4.98 Å². The fourth-order valence-electron chi connectivity index (χ4n) is 4.68. The third-order valence-electron chi connectivity index (χ3n) is 6.71. The van der Waals surface area contributed by atoms with Crippen LogP contribution in [0.3, 0.4) is 0 Å². The van der Waals surface area contributed by atoms with Gasteiger partial charge >= 0.3 is 0 Å². The van der Waals surface area contributed by atoms with Crippen molar-refractivity contribution in [3.63, 3.8) is 0 Å². The number of aromatic nitrogens is 3. The molecule has 10 nitrogen and oxygen atoms in total. The van der Waals surface area contributed by atoms with E-state index in [-0.39, 0.29) is 55.9 Å². The second kappa shape index (κ2) is 10.7. The average Bonchev–Trinajstić information content (AvgIpc) is 2.91. The van der Waals surface area contributed by atoms with Gasteiger partial charge in [-0.25, -0.2) is 18.7 Å². The van der Waals surface area contributed by atoms with Gasteiger partial charge in [0.2, 0.25) is 5.95 Å². The topological polar surface area (TPSA) is 125 Å². The molecule has 1 unspecified atom stereocenters. The number of carbonyl (C=O) groups excluding carboxylic acids is 1. The van der Waals surface area contributed by atoms with E-state index in [1.807, 2.05) is 11.0 Å². The summed E-state index contributed by atoms with van der Waals surface area (Å²) in [5.41, 5.74) is 0.856. The highest BCUT2D eigenvalue weighted by molar-refractivity contribution is 5.99. The number of aliphatic hydroxyl groups is 1. The summed E-state index contributed by atoms with van der Waals surface area (Å²) >= 11 is 0. The van der Waals surface area contributed by atoms with Gasteiger partial charge in [-0.05, 0) is 38.1 Å². The minimum absolute atomic E-state index is 0.182. The normalized spacial score (nSPS) is 17.6. The number of alkyl halides is 2. The molecule has 3 aromatic rings. The molecule has 1 amide bonds. The number of nitrogens with zero attached hydrogens (tertiary/aromatic N) is 4. The number of hydrogen-bond acceptors (Lipinski definition) is 9. The molecule has 40 heavy (non-hydrogen) atoms. The van der Waals surface area contributed by atoms with Crippen LogP contribution in [0.5, 0.6) is 5.75 Å². The van der Waals surface area contributed by atoms with Crippen LogP contribution in [0.15, 0.2) is 55.3 Å².